The van der Waals surface area contributed by atoms with Crippen LogP contribution in [0, 0.1) is 18.3 Å². The zero-order valence-electron chi connectivity index (χ0n) is 30.9. The van der Waals surface area contributed by atoms with Crippen molar-refractivity contribution < 1.29 is 38.3 Å². The summed E-state index contributed by atoms with van der Waals surface area (Å²) in [6, 6.07) is 11.3. The molecule has 0 unspecified atom stereocenters. The molecule has 3 N–H and O–H groups in total. The van der Waals surface area contributed by atoms with E-state index >= 15 is 0 Å². The van der Waals surface area contributed by atoms with Gasteiger partial charge in [0, 0.05) is 33.0 Å². The van der Waals surface area contributed by atoms with E-state index in [2.05, 4.69) is 21.9 Å². The summed E-state index contributed by atoms with van der Waals surface area (Å²) in [4.78, 5) is 100. The van der Waals surface area contributed by atoms with E-state index < -0.39 is 84.3 Å². The van der Waals surface area contributed by atoms with Gasteiger partial charge in [0.2, 0.25) is 35.4 Å². The number of hydrogen-bond donors (Lipinski definition) is 3. The van der Waals surface area contributed by atoms with Crippen LogP contribution < -0.4 is 16.0 Å². The molecular weight excluding hydrogens is 692 g/mol. The first-order chi connectivity index (χ1) is 25.9. The summed E-state index contributed by atoms with van der Waals surface area (Å²) in [6.07, 6.45) is 6.57. The van der Waals surface area contributed by atoms with Crippen LogP contribution in [-0.4, -0.2) is 119 Å². The third-order valence-corrected chi connectivity index (χ3v) is 10.2. The van der Waals surface area contributed by atoms with Gasteiger partial charge in [-0.1, -0.05) is 67.6 Å². The monoisotopic (exact) mass is 740 g/mol. The highest BCUT2D eigenvalue weighted by Gasteiger charge is 2.45. The minimum Gasteiger partial charge on any atom is -0.461 e. The number of terminal acetylenes is 1. The van der Waals surface area contributed by atoms with Crippen molar-refractivity contribution in [3.05, 3.63) is 71.8 Å². The Hall–Kier alpha value is -5.71. The maximum absolute atomic E-state index is 14.4. The van der Waals surface area contributed by atoms with Crippen LogP contribution in [0.15, 0.2) is 60.7 Å². The van der Waals surface area contributed by atoms with Crippen molar-refractivity contribution in [2.24, 2.45) is 5.92 Å². The van der Waals surface area contributed by atoms with Crippen LogP contribution >= 0.6 is 0 Å². The first-order valence-electron chi connectivity index (χ1n) is 18.3. The van der Waals surface area contributed by atoms with Gasteiger partial charge in [-0.2, -0.15) is 0 Å². The molecule has 0 bridgehead atoms. The van der Waals surface area contributed by atoms with E-state index in [1.54, 1.807) is 36.4 Å². The SMILES string of the molecule is C#CC[C@H]1C(=O)N[C@@H](C)C(=O)N2C[C@@H](C)C[C@H]2C(=O)OC[C@H](NC(=O)[C@H](Cc2ccccc2)NC(=O)Cc2ccccc2)C(=O)N2CCC[C@H]2C(=O)N1C. The van der Waals surface area contributed by atoms with Crippen LogP contribution in [-0.2, 0) is 51.1 Å². The number of rotatable bonds is 8. The van der Waals surface area contributed by atoms with Crippen LogP contribution in [0.2, 0.25) is 0 Å². The lowest BCUT2D eigenvalue weighted by atomic mass is 10.0. The minimum absolute atomic E-state index is 0.0107. The van der Waals surface area contributed by atoms with Crippen molar-refractivity contribution in [2.75, 3.05) is 26.7 Å². The molecule has 3 saturated heterocycles. The van der Waals surface area contributed by atoms with Gasteiger partial charge in [0.15, 0.2) is 0 Å². The molecule has 14 nitrogen and oxygen atoms in total. The van der Waals surface area contributed by atoms with Crippen LogP contribution in [0.3, 0.4) is 0 Å². The maximum Gasteiger partial charge on any atom is 0.328 e. The molecular formula is C40H48N6O8. The fourth-order valence-corrected chi connectivity index (χ4v) is 7.32. The van der Waals surface area contributed by atoms with E-state index in [0.717, 1.165) is 11.1 Å². The number of carbonyl (C=O) groups excluding carboxylic acids is 7. The first-order valence-corrected chi connectivity index (χ1v) is 18.3. The van der Waals surface area contributed by atoms with Crippen molar-refractivity contribution in [1.29, 1.82) is 0 Å². The van der Waals surface area contributed by atoms with E-state index in [4.69, 9.17) is 11.2 Å². The lowest BCUT2D eigenvalue weighted by Crippen LogP contribution is -2.60. The van der Waals surface area contributed by atoms with E-state index in [1.807, 2.05) is 31.2 Å². The number of fused-ring (bicyclic) bond motifs is 2. The third kappa shape index (κ3) is 9.44. The van der Waals surface area contributed by atoms with Gasteiger partial charge in [-0.25, -0.2) is 4.79 Å². The number of cyclic esters (lactones) is 1. The molecule has 6 amide bonds. The Bertz CT molecular complexity index is 1760. The van der Waals surface area contributed by atoms with Crippen LogP contribution in [0.4, 0.5) is 0 Å². The number of ether oxygens (including phenoxy) is 1. The summed E-state index contributed by atoms with van der Waals surface area (Å²) in [7, 11) is 1.42. The van der Waals surface area contributed by atoms with Gasteiger partial charge in [0.1, 0.15) is 42.9 Å². The second-order valence-corrected chi connectivity index (χ2v) is 14.3. The summed E-state index contributed by atoms with van der Waals surface area (Å²) in [5, 5.41) is 8.19. The van der Waals surface area contributed by atoms with Crippen LogP contribution in [0.1, 0.15) is 50.7 Å². The van der Waals surface area contributed by atoms with Gasteiger partial charge < -0.3 is 35.4 Å². The van der Waals surface area contributed by atoms with Crippen LogP contribution in [0.25, 0.3) is 0 Å². The van der Waals surface area contributed by atoms with Gasteiger partial charge in [-0.3, -0.25) is 28.8 Å². The Morgan fingerprint density at radius 3 is 2.26 bits per heavy atom. The molecule has 3 aliphatic heterocycles. The molecule has 0 aliphatic carbocycles. The summed E-state index contributed by atoms with van der Waals surface area (Å²) >= 11 is 0. The van der Waals surface area contributed by atoms with Gasteiger partial charge in [0.25, 0.3) is 0 Å². The molecule has 286 valence electrons. The lowest BCUT2D eigenvalue weighted by molar-refractivity contribution is -0.158. The third-order valence-electron chi connectivity index (χ3n) is 10.2. The lowest BCUT2D eigenvalue weighted by Gasteiger charge is -2.35. The number of esters is 1. The van der Waals surface area contributed by atoms with Gasteiger partial charge >= 0.3 is 5.97 Å². The minimum atomic E-state index is -1.45. The Morgan fingerprint density at radius 2 is 1.59 bits per heavy atom. The molecule has 7 atom stereocenters. The number of nitrogens with one attached hydrogen (secondary N) is 3. The smallest absolute Gasteiger partial charge is 0.328 e. The second kappa shape index (κ2) is 17.9. The summed E-state index contributed by atoms with van der Waals surface area (Å²) in [5.74, 6) is -1.94. The normalized spacial score (nSPS) is 25.9. The zero-order chi connectivity index (χ0) is 38.9. The van der Waals surface area contributed by atoms with E-state index in [9.17, 15) is 33.6 Å². The Balaban J connectivity index is 1.46. The zero-order valence-corrected chi connectivity index (χ0v) is 30.9. The fourth-order valence-electron chi connectivity index (χ4n) is 7.32. The Labute approximate surface area is 315 Å². The fraction of sp³-hybridized carbons (Fsp3) is 0.475. The molecule has 0 aromatic heterocycles. The molecule has 0 spiro atoms. The average Bonchev–Trinajstić information content (AvgIpc) is 3.81. The van der Waals surface area contributed by atoms with E-state index in [-0.39, 0.29) is 51.1 Å². The van der Waals surface area contributed by atoms with Crippen molar-refractivity contribution in [1.82, 2.24) is 30.7 Å². The molecule has 2 aromatic rings. The number of amides is 6. The molecule has 54 heavy (non-hydrogen) atoms. The second-order valence-electron chi connectivity index (χ2n) is 14.3. The Kier molecular flexibility index (Phi) is 13.1. The van der Waals surface area contributed by atoms with Gasteiger partial charge in [0.05, 0.1) is 6.42 Å². The molecule has 3 heterocycles. The number of carbonyl (C=O) groups is 7. The van der Waals surface area contributed by atoms with Crippen molar-refractivity contribution in [3.8, 4) is 12.3 Å². The average molecular weight is 741 g/mol. The summed E-state index contributed by atoms with van der Waals surface area (Å²) in [6.45, 7) is 3.17. The first kappa shape index (κ1) is 39.5. The Morgan fingerprint density at radius 1 is 0.926 bits per heavy atom. The molecule has 0 saturated carbocycles. The molecule has 0 radical (unpaired) electrons. The van der Waals surface area contributed by atoms with E-state index in [1.165, 1.54) is 28.7 Å². The van der Waals surface area contributed by atoms with Gasteiger partial charge in [-0.05, 0) is 43.2 Å². The van der Waals surface area contributed by atoms with Crippen LogP contribution in [0.5, 0.6) is 0 Å². The predicted molar refractivity (Wildman–Crippen MR) is 197 cm³/mol. The number of likely N-dealkylation sites (N-methyl/N-ethyl adjacent to an activating group) is 1. The van der Waals surface area contributed by atoms with Gasteiger partial charge in [-0.15, -0.1) is 12.3 Å². The molecule has 2 aromatic carbocycles. The highest BCUT2D eigenvalue weighted by atomic mass is 16.5. The highest BCUT2D eigenvalue weighted by Crippen LogP contribution is 2.26. The molecule has 5 rings (SSSR count). The van der Waals surface area contributed by atoms with Crippen molar-refractivity contribution in [3.63, 3.8) is 0 Å². The highest BCUT2D eigenvalue weighted by molar-refractivity contribution is 5.97. The predicted octanol–water partition coefficient (Wildman–Crippen LogP) is 0.581. The number of benzene rings is 2. The summed E-state index contributed by atoms with van der Waals surface area (Å²) < 4.78 is 5.71. The largest absolute Gasteiger partial charge is 0.461 e. The summed E-state index contributed by atoms with van der Waals surface area (Å²) in [5.41, 5.74) is 1.50. The molecule has 3 fully saturated rings. The topological polar surface area (TPSA) is 175 Å². The van der Waals surface area contributed by atoms with E-state index in [0.29, 0.717) is 6.42 Å². The van der Waals surface area contributed by atoms with Crippen molar-refractivity contribution >= 4 is 41.4 Å². The van der Waals surface area contributed by atoms with Crippen molar-refractivity contribution in [2.45, 2.75) is 88.6 Å². The number of hydrogen-bond acceptors (Lipinski definition) is 8. The molecule has 14 heteroatoms. The number of nitrogens with zero attached hydrogens (tertiary/aromatic N) is 3. The maximum atomic E-state index is 14.4. The quantitative estimate of drug-likeness (QED) is 0.261. The standard InChI is InChI=1S/C40H48N6O8/c1-5-13-31-36(49)41-26(3)37(50)46-23-25(2)20-33(46)40(53)54-24-30(38(51)45-19-12-18-32(45)39(52)44(31)4)43-35(48)29(21-27-14-8-6-9-15-27)42-34(47)22-28-16-10-7-11-17-28/h1,6-11,14-17,25-26,29-33H,12-13,18-24H2,2-4H3,(H,41,49)(H,42,47)(H,43,48)/t25-,26-,29-,30-,31-,32-,33-/m0/s1. The molecule has 3 aliphatic rings.